The van der Waals surface area contributed by atoms with Crippen LogP contribution in [0, 0.1) is 0 Å². The van der Waals surface area contributed by atoms with Gasteiger partial charge in [-0.3, -0.25) is 0 Å². The summed E-state index contributed by atoms with van der Waals surface area (Å²) in [7, 11) is -5.16. The molecule has 1 aliphatic heterocycles. The van der Waals surface area contributed by atoms with E-state index in [0.717, 1.165) is 18.5 Å². The Bertz CT molecular complexity index is 194. The molecule has 0 aromatic heterocycles. The smallest absolute Gasteiger partial charge is 0.374 e. The third-order valence-electron chi connectivity index (χ3n) is 2.73. The summed E-state index contributed by atoms with van der Waals surface area (Å²) in [6.07, 6.45) is 0.998. The van der Waals surface area contributed by atoms with Crippen LogP contribution in [0.15, 0.2) is 0 Å². The fraction of sp³-hybridized carbons (Fsp3) is 1.00. The van der Waals surface area contributed by atoms with Gasteiger partial charge in [0.05, 0.1) is 0 Å². The molecule has 0 bridgehead atoms. The van der Waals surface area contributed by atoms with Gasteiger partial charge in [0.2, 0.25) is 0 Å². The summed E-state index contributed by atoms with van der Waals surface area (Å²) in [4.78, 5) is 0. The molecule has 1 aliphatic rings. The number of hydrogen-bond donors (Lipinski definition) is 0. The molecule has 0 radical (unpaired) electrons. The molecule has 0 N–H and O–H groups in total. The minimum Gasteiger partial charge on any atom is -0.374 e. The Labute approximate surface area is 112 Å². The van der Waals surface area contributed by atoms with Gasteiger partial charge in [0.25, 0.3) is 0 Å². The molecule has 0 atom stereocenters. The molecular weight excluding hydrogens is 268 g/mol. The normalized spacial score (nSPS) is 22.0. The van der Waals surface area contributed by atoms with E-state index in [1.807, 2.05) is 27.7 Å². The zero-order valence-electron chi connectivity index (χ0n) is 12.0. The lowest BCUT2D eigenvalue weighted by Crippen LogP contribution is -2.61. The first-order valence-electron chi connectivity index (χ1n) is 6.91. The van der Waals surface area contributed by atoms with E-state index in [2.05, 4.69) is 0 Å². The van der Waals surface area contributed by atoms with Crippen molar-refractivity contribution in [2.24, 2.45) is 0 Å². The fourth-order valence-corrected chi connectivity index (χ4v) is 9.96. The summed E-state index contributed by atoms with van der Waals surface area (Å²) < 4.78 is 29.5. The Balaban J connectivity index is 2.81. The van der Waals surface area contributed by atoms with Crippen molar-refractivity contribution in [2.75, 3.05) is 26.4 Å². The molecule has 5 nitrogen and oxygen atoms in total. The SMILES string of the molecule is CCO[Si]1(OCC)CCC[Si](OCC)(OCC)O1. The molecule has 0 aliphatic carbocycles. The average Bonchev–Trinajstić information content (AvgIpc) is 2.30. The molecule has 1 fully saturated rings. The van der Waals surface area contributed by atoms with E-state index in [1.165, 1.54) is 0 Å². The summed E-state index contributed by atoms with van der Waals surface area (Å²) >= 11 is 0. The van der Waals surface area contributed by atoms with Gasteiger partial charge in [0.1, 0.15) is 0 Å². The van der Waals surface area contributed by atoms with E-state index < -0.39 is 17.6 Å². The van der Waals surface area contributed by atoms with Gasteiger partial charge in [-0.15, -0.1) is 0 Å². The van der Waals surface area contributed by atoms with Crippen LogP contribution in [0.3, 0.4) is 0 Å². The van der Waals surface area contributed by atoms with Crippen molar-refractivity contribution in [3.8, 4) is 0 Å². The van der Waals surface area contributed by atoms with Crippen molar-refractivity contribution >= 4 is 17.6 Å². The standard InChI is InChI=1S/C11H26O5Si2/c1-5-12-17(13-6-2)10-9-11-18(16-17,14-7-3)15-8-4/h5-11H2,1-4H3. The van der Waals surface area contributed by atoms with Crippen LogP contribution < -0.4 is 0 Å². The third kappa shape index (κ3) is 4.12. The molecule has 1 rings (SSSR count). The van der Waals surface area contributed by atoms with Crippen LogP contribution in [-0.2, 0) is 21.8 Å². The topological polar surface area (TPSA) is 46.2 Å². The van der Waals surface area contributed by atoms with E-state index in [-0.39, 0.29) is 0 Å². The Kier molecular flexibility index (Phi) is 7.00. The van der Waals surface area contributed by atoms with Gasteiger partial charge in [-0.2, -0.15) is 0 Å². The number of rotatable bonds is 8. The van der Waals surface area contributed by atoms with E-state index in [0.29, 0.717) is 26.4 Å². The van der Waals surface area contributed by atoms with E-state index in [4.69, 9.17) is 21.8 Å². The maximum Gasteiger partial charge on any atom is 0.493 e. The van der Waals surface area contributed by atoms with Crippen LogP contribution in [0.4, 0.5) is 0 Å². The summed E-state index contributed by atoms with van der Waals surface area (Å²) in [5.74, 6) is 0. The zero-order valence-corrected chi connectivity index (χ0v) is 14.0. The highest BCUT2D eigenvalue weighted by Crippen LogP contribution is 2.34. The third-order valence-corrected chi connectivity index (χ3v) is 10.1. The van der Waals surface area contributed by atoms with Gasteiger partial charge in [0.15, 0.2) is 0 Å². The largest absolute Gasteiger partial charge is 0.493 e. The molecule has 0 unspecified atom stereocenters. The number of hydrogen-bond acceptors (Lipinski definition) is 5. The van der Waals surface area contributed by atoms with Crippen LogP contribution in [0.2, 0.25) is 12.1 Å². The Morgan fingerprint density at radius 1 is 0.722 bits per heavy atom. The molecule has 0 saturated carbocycles. The van der Waals surface area contributed by atoms with Gasteiger partial charge in [-0.25, -0.2) is 0 Å². The maximum absolute atomic E-state index is 6.21. The second-order valence-corrected chi connectivity index (χ2v) is 9.76. The summed E-state index contributed by atoms with van der Waals surface area (Å²) in [5, 5.41) is 0. The zero-order chi connectivity index (χ0) is 13.5. The van der Waals surface area contributed by atoms with Gasteiger partial charge in [-0.1, -0.05) is 0 Å². The summed E-state index contributed by atoms with van der Waals surface area (Å²) in [6, 6.07) is 1.73. The Hall–Kier alpha value is 0.234. The molecular formula is C11H26O5Si2. The first-order valence-corrected chi connectivity index (χ1v) is 10.8. The molecule has 1 heterocycles. The van der Waals surface area contributed by atoms with Crippen molar-refractivity contribution in [1.29, 1.82) is 0 Å². The average molecular weight is 294 g/mol. The maximum atomic E-state index is 6.21. The molecule has 108 valence electrons. The Morgan fingerprint density at radius 3 is 1.33 bits per heavy atom. The van der Waals surface area contributed by atoms with Crippen molar-refractivity contribution in [2.45, 2.75) is 46.2 Å². The van der Waals surface area contributed by atoms with Crippen molar-refractivity contribution in [3.05, 3.63) is 0 Å². The predicted octanol–water partition coefficient (Wildman–Crippen LogP) is 2.43. The monoisotopic (exact) mass is 294 g/mol. The quantitative estimate of drug-likeness (QED) is 0.643. The second-order valence-electron chi connectivity index (χ2n) is 4.05. The van der Waals surface area contributed by atoms with Gasteiger partial charge in [-0.05, 0) is 34.1 Å². The molecule has 0 aromatic rings. The second kappa shape index (κ2) is 7.73. The van der Waals surface area contributed by atoms with E-state index in [9.17, 15) is 0 Å². The molecule has 1 saturated heterocycles. The molecule has 18 heavy (non-hydrogen) atoms. The van der Waals surface area contributed by atoms with E-state index >= 15 is 0 Å². The Morgan fingerprint density at radius 2 is 1.06 bits per heavy atom. The summed E-state index contributed by atoms with van der Waals surface area (Å²) in [5.41, 5.74) is 0. The molecule has 0 spiro atoms. The highest BCUT2D eigenvalue weighted by molar-refractivity contribution is 6.76. The summed E-state index contributed by atoms with van der Waals surface area (Å²) in [6.45, 7) is 10.3. The minimum atomic E-state index is -2.58. The van der Waals surface area contributed by atoms with E-state index in [1.54, 1.807) is 0 Å². The lowest BCUT2D eigenvalue weighted by Gasteiger charge is -2.41. The van der Waals surface area contributed by atoms with Crippen LogP contribution >= 0.6 is 0 Å². The van der Waals surface area contributed by atoms with Gasteiger partial charge < -0.3 is 21.8 Å². The van der Waals surface area contributed by atoms with Crippen molar-refractivity contribution < 1.29 is 21.8 Å². The molecule has 7 heteroatoms. The predicted molar refractivity (Wildman–Crippen MR) is 73.3 cm³/mol. The highest BCUT2D eigenvalue weighted by atomic mass is 28.5. The van der Waals surface area contributed by atoms with Crippen molar-refractivity contribution in [1.82, 2.24) is 0 Å². The molecule has 0 amide bonds. The fourth-order valence-electron chi connectivity index (χ4n) is 2.23. The first-order chi connectivity index (χ1) is 8.66. The lowest BCUT2D eigenvalue weighted by molar-refractivity contribution is 0.0409. The highest BCUT2D eigenvalue weighted by Gasteiger charge is 2.56. The minimum absolute atomic E-state index is 0.606. The molecule has 0 aromatic carbocycles. The first kappa shape index (κ1) is 16.3. The van der Waals surface area contributed by atoms with Crippen LogP contribution in [0.5, 0.6) is 0 Å². The van der Waals surface area contributed by atoms with Gasteiger partial charge in [0, 0.05) is 38.5 Å². The van der Waals surface area contributed by atoms with Crippen LogP contribution in [0.1, 0.15) is 34.1 Å². The lowest BCUT2D eigenvalue weighted by atomic mass is 10.6. The van der Waals surface area contributed by atoms with Gasteiger partial charge >= 0.3 is 17.6 Å². The van der Waals surface area contributed by atoms with Crippen molar-refractivity contribution in [3.63, 3.8) is 0 Å². The van der Waals surface area contributed by atoms with Crippen LogP contribution in [-0.4, -0.2) is 44.0 Å². The van der Waals surface area contributed by atoms with Crippen LogP contribution in [0.25, 0.3) is 0 Å².